The molecule has 1 aliphatic heterocycles. The number of ether oxygens (including phenoxy) is 2. The van der Waals surface area contributed by atoms with E-state index in [2.05, 4.69) is 15.2 Å². The SMILES string of the molecule is CC1OC(Cc2ncn[nH]2)(c2cc3cc(Cl)cc(Cl)c3o2)OC1C. The normalized spacial score (nSPS) is 27.2. The molecule has 1 fully saturated rings. The number of furan rings is 1. The fraction of sp³-hybridized carbons (Fsp3) is 0.375. The molecule has 0 amide bonds. The summed E-state index contributed by atoms with van der Waals surface area (Å²) in [5.74, 6) is 0.0721. The molecule has 3 heterocycles. The lowest BCUT2D eigenvalue weighted by Crippen LogP contribution is -2.31. The molecule has 1 aliphatic rings. The highest BCUT2D eigenvalue weighted by atomic mass is 35.5. The molecular formula is C16H15Cl2N3O3. The number of rotatable bonds is 3. The van der Waals surface area contributed by atoms with E-state index >= 15 is 0 Å². The number of aromatic amines is 1. The van der Waals surface area contributed by atoms with Gasteiger partial charge in [0.15, 0.2) is 11.3 Å². The minimum atomic E-state index is -1.09. The van der Waals surface area contributed by atoms with Gasteiger partial charge in [0.1, 0.15) is 12.2 Å². The number of aromatic nitrogens is 3. The van der Waals surface area contributed by atoms with Crippen molar-refractivity contribution in [3.63, 3.8) is 0 Å². The number of halogens is 2. The maximum Gasteiger partial charge on any atom is 0.236 e. The molecule has 24 heavy (non-hydrogen) atoms. The van der Waals surface area contributed by atoms with E-state index in [9.17, 15) is 0 Å². The second-order valence-corrected chi connectivity index (χ2v) is 6.77. The average molecular weight is 368 g/mol. The molecule has 3 aromatic rings. The quantitative estimate of drug-likeness (QED) is 0.754. The Hall–Kier alpha value is -1.60. The van der Waals surface area contributed by atoms with Crippen molar-refractivity contribution in [2.24, 2.45) is 0 Å². The van der Waals surface area contributed by atoms with Crippen LogP contribution in [0.3, 0.4) is 0 Å². The molecule has 0 radical (unpaired) electrons. The van der Waals surface area contributed by atoms with Crippen LogP contribution >= 0.6 is 23.2 Å². The summed E-state index contributed by atoms with van der Waals surface area (Å²) in [5.41, 5.74) is 0.549. The van der Waals surface area contributed by atoms with Crippen molar-refractivity contribution < 1.29 is 13.9 Å². The molecule has 1 aromatic carbocycles. The Kier molecular flexibility index (Phi) is 3.80. The maximum absolute atomic E-state index is 6.24. The van der Waals surface area contributed by atoms with Crippen molar-refractivity contribution >= 4 is 34.2 Å². The minimum absolute atomic E-state index is 0.0970. The topological polar surface area (TPSA) is 73.2 Å². The summed E-state index contributed by atoms with van der Waals surface area (Å²) >= 11 is 12.3. The van der Waals surface area contributed by atoms with Gasteiger partial charge >= 0.3 is 0 Å². The Balaban J connectivity index is 1.83. The Bertz CT molecular complexity index is 868. The largest absolute Gasteiger partial charge is 0.454 e. The Morgan fingerprint density at radius 2 is 1.92 bits per heavy atom. The molecule has 1 saturated heterocycles. The van der Waals surface area contributed by atoms with Crippen LogP contribution in [0.25, 0.3) is 11.0 Å². The van der Waals surface area contributed by atoms with Crippen molar-refractivity contribution in [3.05, 3.63) is 46.2 Å². The van der Waals surface area contributed by atoms with Gasteiger partial charge in [-0.05, 0) is 32.0 Å². The van der Waals surface area contributed by atoms with Gasteiger partial charge in [-0.25, -0.2) is 4.98 Å². The van der Waals surface area contributed by atoms with Gasteiger partial charge < -0.3 is 13.9 Å². The second-order valence-electron chi connectivity index (χ2n) is 5.92. The van der Waals surface area contributed by atoms with Crippen LogP contribution in [0, 0.1) is 0 Å². The van der Waals surface area contributed by atoms with Gasteiger partial charge in [-0.3, -0.25) is 5.10 Å². The zero-order valence-corrected chi connectivity index (χ0v) is 14.6. The molecular weight excluding hydrogens is 353 g/mol. The highest BCUT2D eigenvalue weighted by Crippen LogP contribution is 2.43. The first-order chi connectivity index (χ1) is 11.5. The lowest BCUT2D eigenvalue weighted by atomic mass is 10.1. The molecule has 8 heteroatoms. The first kappa shape index (κ1) is 15.9. The van der Waals surface area contributed by atoms with E-state index in [1.165, 1.54) is 6.33 Å². The Morgan fingerprint density at radius 3 is 2.58 bits per heavy atom. The van der Waals surface area contributed by atoms with E-state index in [1.807, 2.05) is 19.9 Å². The number of hydrogen-bond donors (Lipinski definition) is 1. The van der Waals surface area contributed by atoms with E-state index in [4.69, 9.17) is 37.1 Å². The highest BCUT2D eigenvalue weighted by Gasteiger charge is 2.49. The molecule has 2 aromatic heterocycles. The molecule has 2 unspecified atom stereocenters. The number of H-pyrrole nitrogens is 1. The van der Waals surface area contributed by atoms with Crippen molar-refractivity contribution in [3.8, 4) is 0 Å². The fourth-order valence-corrected chi connectivity index (χ4v) is 3.45. The number of fused-ring (bicyclic) bond motifs is 1. The van der Waals surface area contributed by atoms with E-state index in [1.54, 1.807) is 12.1 Å². The average Bonchev–Trinajstić information content (AvgIpc) is 3.20. The van der Waals surface area contributed by atoms with Crippen LogP contribution in [-0.4, -0.2) is 27.4 Å². The Morgan fingerprint density at radius 1 is 1.17 bits per heavy atom. The molecule has 2 atom stereocenters. The van der Waals surface area contributed by atoms with E-state index < -0.39 is 5.79 Å². The zero-order valence-electron chi connectivity index (χ0n) is 13.0. The summed E-state index contributed by atoms with van der Waals surface area (Å²) in [6, 6.07) is 5.28. The number of nitrogens with zero attached hydrogens (tertiary/aromatic N) is 2. The van der Waals surface area contributed by atoms with Crippen LogP contribution in [0.15, 0.2) is 28.9 Å². The van der Waals surface area contributed by atoms with Gasteiger partial charge in [-0.1, -0.05) is 23.2 Å². The van der Waals surface area contributed by atoms with E-state index in [0.717, 1.165) is 5.39 Å². The molecule has 6 nitrogen and oxygen atoms in total. The van der Waals surface area contributed by atoms with Crippen molar-refractivity contribution in [2.45, 2.75) is 38.3 Å². The minimum Gasteiger partial charge on any atom is -0.454 e. The van der Waals surface area contributed by atoms with Gasteiger partial charge in [-0.2, -0.15) is 5.10 Å². The molecule has 4 rings (SSSR count). The van der Waals surface area contributed by atoms with Crippen LogP contribution < -0.4 is 0 Å². The number of nitrogens with one attached hydrogen (secondary N) is 1. The Labute approximate surface area is 148 Å². The monoisotopic (exact) mass is 367 g/mol. The van der Waals surface area contributed by atoms with E-state index in [-0.39, 0.29) is 12.2 Å². The smallest absolute Gasteiger partial charge is 0.236 e. The van der Waals surface area contributed by atoms with Crippen molar-refractivity contribution in [1.29, 1.82) is 0 Å². The van der Waals surface area contributed by atoms with E-state index in [0.29, 0.717) is 33.6 Å². The lowest BCUT2D eigenvalue weighted by Gasteiger charge is -2.24. The molecule has 1 N–H and O–H groups in total. The standard InChI is InChI=1S/C16H15Cl2N3O3/c1-8-9(2)24-16(23-8,6-14-19-7-20-21-14)13-4-10-3-11(17)5-12(18)15(10)22-13/h3-5,7-9H,6H2,1-2H3,(H,19,20,21). The zero-order chi connectivity index (χ0) is 16.9. The van der Waals surface area contributed by atoms with Gasteiger partial charge in [0, 0.05) is 10.4 Å². The van der Waals surface area contributed by atoms with Crippen LogP contribution in [0.1, 0.15) is 25.4 Å². The summed E-state index contributed by atoms with van der Waals surface area (Å²) in [6.07, 6.45) is 1.59. The summed E-state index contributed by atoms with van der Waals surface area (Å²) in [7, 11) is 0. The summed E-state index contributed by atoms with van der Waals surface area (Å²) in [4.78, 5) is 4.17. The number of hydrogen-bond acceptors (Lipinski definition) is 5. The summed E-state index contributed by atoms with van der Waals surface area (Å²) < 4.78 is 18.3. The number of benzene rings is 1. The van der Waals surface area contributed by atoms with Crippen LogP contribution in [0.5, 0.6) is 0 Å². The molecule has 0 spiro atoms. The van der Waals surface area contributed by atoms with Crippen molar-refractivity contribution in [1.82, 2.24) is 15.2 Å². The van der Waals surface area contributed by atoms with Crippen LogP contribution in [0.4, 0.5) is 0 Å². The maximum atomic E-state index is 6.24. The first-order valence-corrected chi connectivity index (χ1v) is 8.31. The third kappa shape index (κ3) is 2.59. The first-order valence-electron chi connectivity index (χ1n) is 7.56. The highest BCUT2D eigenvalue weighted by molar-refractivity contribution is 6.38. The third-order valence-electron chi connectivity index (χ3n) is 4.19. The summed E-state index contributed by atoms with van der Waals surface area (Å²) in [5, 5.41) is 8.49. The summed E-state index contributed by atoms with van der Waals surface area (Å²) in [6.45, 7) is 3.92. The van der Waals surface area contributed by atoms with Crippen molar-refractivity contribution in [2.75, 3.05) is 0 Å². The molecule has 0 bridgehead atoms. The molecule has 126 valence electrons. The van der Waals surface area contributed by atoms with Gasteiger partial charge in [0.05, 0.1) is 23.7 Å². The molecule has 0 aliphatic carbocycles. The lowest BCUT2D eigenvalue weighted by molar-refractivity contribution is -0.193. The third-order valence-corrected chi connectivity index (χ3v) is 4.69. The second kappa shape index (κ2) is 5.74. The van der Waals surface area contributed by atoms with Crippen LogP contribution in [0.2, 0.25) is 10.0 Å². The van der Waals surface area contributed by atoms with Gasteiger partial charge in [-0.15, -0.1) is 0 Å². The van der Waals surface area contributed by atoms with Crippen LogP contribution in [-0.2, 0) is 21.7 Å². The van der Waals surface area contributed by atoms with Gasteiger partial charge in [0.2, 0.25) is 5.79 Å². The predicted molar refractivity (Wildman–Crippen MR) is 89.1 cm³/mol. The predicted octanol–water partition coefficient (Wildman–Crippen LogP) is 4.08. The van der Waals surface area contributed by atoms with Gasteiger partial charge in [0.25, 0.3) is 0 Å². The fourth-order valence-electron chi connectivity index (χ4n) is 2.91. The molecule has 0 saturated carbocycles.